The minimum atomic E-state index is -0.390. The van der Waals surface area contributed by atoms with E-state index in [-0.39, 0.29) is 11.1 Å². The highest BCUT2D eigenvalue weighted by Gasteiger charge is 2.26. The molecule has 0 saturated carbocycles. The molecular formula is C32H32N6O4S. The zero-order chi connectivity index (χ0) is 29.8. The Bertz CT molecular complexity index is 1700. The van der Waals surface area contributed by atoms with Crippen LogP contribution in [-0.2, 0) is 11.3 Å². The number of nitrogens with one attached hydrogen (secondary N) is 2. The van der Waals surface area contributed by atoms with Crippen molar-refractivity contribution < 1.29 is 19.1 Å². The van der Waals surface area contributed by atoms with Gasteiger partial charge in [0.2, 0.25) is 5.95 Å². The van der Waals surface area contributed by atoms with Crippen molar-refractivity contribution >= 4 is 45.7 Å². The van der Waals surface area contributed by atoms with Crippen LogP contribution in [-0.4, -0.2) is 60.0 Å². The summed E-state index contributed by atoms with van der Waals surface area (Å²) in [5.74, 6) is 2.22. The number of methoxy groups -OCH3 is 2. The van der Waals surface area contributed by atoms with Gasteiger partial charge in [-0.15, -0.1) is 0 Å². The molecule has 4 aromatic rings. The summed E-state index contributed by atoms with van der Waals surface area (Å²) in [6.45, 7) is 3.22. The van der Waals surface area contributed by atoms with Gasteiger partial charge in [0.15, 0.2) is 0 Å². The van der Waals surface area contributed by atoms with Crippen LogP contribution in [0.5, 0.6) is 11.5 Å². The third kappa shape index (κ3) is 6.47. The summed E-state index contributed by atoms with van der Waals surface area (Å²) >= 11 is 0.885. The molecule has 2 aromatic carbocycles. The Morgan fingerprint density at radius 1 is 1.05 bits per heavy atom. The van der Waals surface area contributed by atoms with Crippen LogP contribution >= 0.6 is 11.8 Å². The summed E-state index contributed by atoms with van der Waals surface area (Å²) in [6, 6.07) is 18.0. The quantitative estimate of drug-likeness (QED) is 0.255. The lowest BCUT2D eigenvalue weighted by molar-refractivity contribution is -0.115. The molecular weight excluding hydrogens is 564 g/mol. The molecule has 2 aliphatic rings. The van der Waals surface area contributed by atoms with E-state index in [2.05, 4.69) is 43.7 Å². The number of fused-ring (bicyclic) bond motifs is 1. The number of imide groups is 1. The number of nitrogens with zero attached hydrogens (tertiary/aromatic N) is 4. The first kappa shape index (κ1) is 28.6. The van der Waals surface area contributed by atoms with E-state index >= 15 is 0 Å². The van der Waals surface area contributed by atoms with E-state index in [4.69, 9.17) is 14.5 Å². The largest absolute Gasteiger partial charge is 0.497 e. The van der Waals surface area contributed by atoms with Crippen LogP contribution in [0.3, 0.4) is 0 Å². The fourth-order valence-electron chi connectivity index (χ4n) is 5.44. The number of amides is 2. The first-order chi connectivity index (χ1) is 21.0. The van der Waals surface area contributed by atoms with Crippen LogP contribution in [0.2, 0.25) is 0 Å². The second-order valence-corrected chi connectivity index (χ2v) is 11.5. The molecule has 2 aromatic heterocycles. The number of rotatable bonds is 9. The Morgan fingerprint density at radius 2 is 1.88 bits per heavy atom. The van der Waals surface area contributed by atoms with E-state index < -0.39 is 0 Å². The number of hydrogen-bond acceptors (Lipinski definition) is 10. The van der Waals surface area contributed by atoms with E-state index in [9.17, 15) is 9.59 Å². The molecule has 0 spiro atoms. The number of aromatic nitrogens is 3. The molecule has 43 heavy (non-hydrogen) atoms. The minimum Gasteiger partial charge on any atom is -0.497 e. The molecule has 2 aliphatic heterocycles. The van der Waals surface area contributed by atoms with Crippen molar-refractivity contribution in [2.24, 2.45) is 5.92 Å². The lowest BCUT2D eigenvalue weighted by atomic mass is 9.97. The number of piperidine rings is 1. The van der Waals surface area contributed by atoms with Crippen LogP contribution in [0.15, 0.2) is 65.7 Å². The predicted molar refractivity (Wildman–Crippen MR) is 168 cm³/mol. The number of pyridine rings is 1. The smallest absolute Gasteiger partial charge is 0.290 e. The predicted octanol–water partition coefficient (Wildman–Crippen LogP) is 5.04. The van der Waals surface area contributed by atoms with Gasteiger partial charge in [-0.2, -0.15) is 0 Å². The summed E-state index contributed by atoms with van der Waals surface area (Å²) in [4.78, 5) is 40.0. The van der Waals surface area contributed by atoms with Crippen molar-refractivity contribution in [2.45, 2.75) is 19.4 Å². The molecule has 0 atom stereocenters. The molecule has 0 bridgehead atoms. The average Bonchev–Trinajstić information content (AvgIpc) is 3.36. The third-order valence-electron chi connectivity index (χ3n) is 7.71. The SMILES string of the molecule is COc1ccc(-c2cc3ccccc3c(CNCC3CCN(c4nccc(/C=C5\SC(=O)NC5=O)n4)CC3)n2)c(OC)c1. The highest BCUT2D eigenvalue weighted by Crippen LogP contribution is 2.34. The number of thioether (sulfide) groups is 1. The lowest BCUT2D eigenvalue weighted by Crippen LogP contribution is -2.38. The molecule has 6 rings (SSSR count). The molecule has 2 N–H and O–H groups in total. The fraction of sp³-hybridized carbons (Fsp3) is 0.281. The van der Waals surface area contributed by atoms with Gasteiger partial charge in [-0.3, -0.25) is 19.9 Å². The molecule has 2 saturated heterocycles. The summed E-state index contributed by atoms with van der Waals surface area (Å²) in [5.41, 5.74) is 3.39. The molecule has 0 aliphatic carbocycles. The molecule has 4 heterocycles. The zero-order valence-electron chi connectivity index (χ0n) is 24.0. The standard InChI is InChI=1S/C32H32N6O4S/c1-41-23-7-8-25(28(17-23)42-2)26-15-21-5-3-4-6-24(21)27(36-26)19-33-18-20-10-13-38(14-11-20)31-34-12-9-22(35-31)16-29-30(39)37-32(40)43-29/h3-9,12,15-17,20,33H,10-11,13-14,18-19H2,1-2H3,(H,37,39,40)/b29-16-. The van der Waals surface area contributed by atoms with Gasteiger partial charge in [-0.1, -0.05) is 24.3 Å². The van der Waals surface area contributed by atoms with E-state index in [1.165, 1.54) is 0 Å². The third-order valence-corrected chi connectivity index (χ3v) is 8.52. The summed E-state index contributed by atoms with van der Waals surface area (Å²) in [5, 5.41) is 7.83. The Hall–Kier alpha value is -4.48. The molecule has 11 heteroatoms. The monoisotopic (exact) mass is 596 g/mol. The van der Waals surface area contributed by atoms with Crippen LogP contribution in [0.1, 0.15) is 24.2 Å². The van der Waals surface area contributed by atoms with Crippen molar-refractivity contribution in [2.75, 3.05) is 38.8 Å². The van der Waals surface area contributed by atoms with Crippen molar-refractivity contribution in [3.63, 3.8) is 0 Å². The highest BCUT2D eigenvalue weighted by molar-refractivity contribution is 8.18. The van der Waals surface area contributed by atoms with Gasteiger partial charge < -0.3 is 19.7 Å². The normalized spacial score (nSPS) is 16.6. The van der Waals surface area contributed by atoms with Gasteiger partial charge in [0, 0.05) is 42.8 Å². The maximum absolute atomic E-state index is 11.9. The van der Waals surface area contributed by atoms with Crippen LogP contribution in [0.4, 0.5) is 10.7 Å². The number of anilines is 1. The van der Waals surface area contributed by atoms with Gasteiger partial charge in [0.25, 0.3) is 11.1 Å². The van der Waals surface area contributed by atoms with Gasteiger partial charge in [-0.05, 0) is 72.8 Å². The van der Waals surface area contributed by atoms with Gasteiger partial charge in [0.05, 0.1) is 36.2 Å². The maximum Gasteiger partial charge on any atom is 0.290 e. The number of benzene rings is 2. The minimum absolute atomic E-state index is 0.343. The average molecular weight is 597 g/mol. The van der Waals surface area contributed by atoms with Crippen LogP contribution in [0.25, 0.3) is 28.1 Å². The second-order valence-electron chi connectivity index (χ2n) is 10.4. The molecule has 2 fully saturated rings. The number of carbonyl (C=O) groups excluding carboxylic acids is 2. The van der Waals surface area contributed by atoms with Crippen LogP contribution < -0.4 is 25.0 Å². The van der Waals surface area contributed by atoms with E-state index in [0.717, 1.165) is 83.5 Å². The fourth-order valence-corrected chi connectivity index (χ4v) is 6.10. The zero-order valence-corrected chi connectivity index (χ0v) is 24.8. The van der Waals surface area contributed by atoms with Crippen molar-refractivity contribution in [3.05, 3.63) is 77.1 Å². The Morgan fingerprint density at radius 3 is 2.65 bits per heavy atom. The van der Waals surface area contributed by atoms with Gasteiger partial charge in [-0.25, -0.2) is 9.97 Å². The lowest BCUT2D eigenvalue weighted by Gasteiger charge is -2.32. The van der Waals surface area contributed by atoms with Crippen molar-refractivity contribution in [1.29, 1.82) is 0 Å². The Balaban J connectivity index is 1.09. The summed E-state index contributed by atoms with van der Waals surface area (Å²) in [7, 11) is 3.30. The number of carbonyl (C=O) groups is 2. The Labute approximate surface area is 253 Å². The first-order valence-corrected chi connectivity index (χ1v) is 15.0. The molecule has 220 valence electrons. The topological polar surface area (TPSA) is 119 Å². The number of hydrogen-bond donors (Lipinski definition) is 2. The summed E-state index contributed by atoms with van der Waals surface area (Å²) in [6.07, 6.45) is 5.33. The summed E-state index contributed by atoms with van der Waals surface area (Å²) < 4.78 is 11.0. The number of ether oxygens (including phenoxy) is 2. The molecule has 10 nitrogen and oxygen atoms in total. The van der Waals surface area contributed by atoms with Crippen LogP contribution in [0, 0.1) is 5.92 Å². The van der Waals surface area contributed by atoms with Gasteiger partial charge >= 0.3 is 0 Å². The van der Waals surface area contributed by atoms with E-state index in [1.54, 1.807) is 32.6 Å². The second kappa shape index (κ2) is 12.8. The van der Waals surface area contributed by atoms with Crippen molar-refractivity contribution in [1.82, 2.24) is 25.6 Å². The maximum atomic E-state index is 11.9. The first-order valence-electron chi connectivity index (χ1n) is 14.2. The molecule has 0 unspecified atom stereocenters. The molecule has 2 amide bonds. The van der Waals surface area contributed by atoms with Crippen molar-refractivity contribution in [3.8, 4) is 22.8 Å². The molecule has 0 radical (unpaired) electrons. The van der Waals surface area contributed by atoms with Gasteiger partial charge in [0.1, 0.15) is 11.5 Å². The van der Waals surface area contributed by atoms with E-state index in [1.807, 2.05) is 30.3 Å². The Kier molecular flexibility index (Phi) is 8.52. The highest BCUT2D eigenvalue weighted by atomic mass is 32.2. The van der Waals surface area contributed by atoms with E-state index in [0.29, 0.717) is 29.0 Å².